The third-order valence-corrected chi connectivity index (χ3v) is 6.23. The highest BCUT2D eigenvalue weighted by Crippen LogP contribution is 2.20. The number of nitrogens with one attached hydrogen (secondary N) is 3. The van der Waals surface area contributed by atoms with Crippen molar-refractivity contribution in [3.05, 3.63) is 94.5 Å². The monoisotopic (exact) mass is 493 g/mol. The summed E-state index contributed by atoms with van der Waals surface area (Å²) in [7, 11) is -2.60. The fourth-order valence-corrected chi connectivity index (χ4v) is 4.05. The summed E-state index contributed by atoms with van der Waals surface area (Å²) in [4.78, 5) is 24.8. The maximum atomic E-state index is 13.6. The molecule has 1 atom stereocenters. The minimum Gasteiger partial charge on any atom is -0.357 e. The molecule has 3 N–H and O–H groups in total. The largest absolute Gasteiger partial charge is 0.357 e. The molecule has 0 spiro atoms. The van der Waals surface area contributed by atoms with E-state index in [-0.39, 0.29) is 16.0 Å². The maximum absolute atomic E-state index is 13.6. The molecule has 1 unspecified atom stereocenters. The number of rotatable bonds is 7. The normalized spacial score (nSPS) is 12.0. The van der Waals surface area contributed by atoms with Gasteiger partial charge in [0, 0.05) is 23.3 Å². The first-order valence-corrected chi connectivity index (χ1v) is 11.3. The SMILES string of the molecule is CNC(=O)C(NC(=O)c1ccc(S(=O)(=O)Nc2ccc(Cl)cc2)cc1)c1ccc(F)c(F)c1. The van der Waals surface area contributed by atoms with Crippen molar-refractivity contribution in [1.82, 2.24) is 10.6 Å². The molecule has 0 radical (unpaired) electrons. The molecule has 0 bridgehead atoms. The van der Waals surface area contributed by atoms with Crippen molar-refractivity contribution in [2.75, 3.05) is 11.8 Å². The van der Waals surface area contributed by atoms with Gasteiger partial charge in [-0.05, 0) is 66.2 Å². The Kier molecular flexibility index (Phi) is 7.29. The van der Waals surface area contributed by atoms with Crippen molar-refractivity contribution in [3.63, 3.8) is 0 Å². The topological polar surface area (TPSA) is 104 Å². The third kappa shape index (κ3) is 5.85. The van der Waals surface area contributed by atoms with Crippen LogP contribution in [0.15, 0.2) is 71.6 Å². The number of sulfonamides is 1. The van der Waals surface area contributed by atoms with E-state index in [2.05, 4.69) is 15.4 Å². The number of hydrogen-bond donors (Lipinski definition) is 3. The van der Waals surface area contributed by atoms with E-state index in [4.69, 9.17) is 11.6 Å². The van der Waals surface area contributed by atoms with Crippen LogP contribution < -0.4 is 15.4 Å². The number of amides is 2. The second-order valence-corrected chi connectivity index (χ2v) is 8.95. The number of carbonyl (C=O) groups excluding carboxylic acids is 2. The Bertz CT molecular complexity index is 1280. The second-order valence-electron chi connectivity index (χ2n) is 6.83. The molecule has 0 fully saturated rings. The highest BCUT2D eigenvalue weighted by molar-refractivity contribution is 7.92. The molecule has 3 rings (SSSR count). The van der Waals surface area contributed by atoms with E-state index in [9.17, 15) is 26.8 Å². The van der Waals surface area contributed by atoms with Crippen LogP contribution in [0.25, 0.3) is 0 Å². The minimum atomic E-state index is -3.93. The zero-order chi connectivity index (χ0) is 24.2. The van der Waals surface area contributed by atoms with Crippen LogP contribution in [0.1, 0.15) is 22.0 Å². The van der Waals surface area contributed by atoms with E-state index < -0.39 is 39.5 Å². The number of likely N-dealkylation sites (N-methyl/N-ethyl adjacent to an activating group) is 1. The number of carbonyl (C=O) groups is 2. The predicted molar refractivity (Wildman–Crippen MR) is 119 cm³/mol. The Balaban J connectivity index is 1.78. The summed E-state index contributed by atoms with van der Waals surface area (Å²) in [6.45, 7) is 0. The Hall–Kier alpha value is -3.50. The van der Waals surface area contributed by atoms with E-state index in [0.29, 0.717) is 10.7 Å². The van der Waals surface area contributed by atoms with E-state index in [0.717, 1.165) is 12.1 Å². The molecule has 2 amide bonds. The van der Waals surface area contributed by atoms with Gasteiger partial charge in [0.2, 0.25) is 5.91 Å². The maximum Gasteiger partial charge on any atom is 0.261 e. The van der Waals surface area contributed by atoms with Gasteiger partial charge in [0.15, 0.2) is 11.6 Å². The Morgan fingerprint density at radius 2 is 1.55 bits per heavy atom. The summed E-state index contributed by atoms with van der Waals surface area (Å²) in [6.07, 6.45) is 0. The lowest BCUT2D eigenvalue weighted by atomic mass is 10.0. The van der Waals surface area contributed by atoms with E-state index in [1.807, 2.05) is 0 Å². The van der Waals surface area contributed by atoms with Crippen molar-refractivity contribution >= 4 is 39.1 Å². The molecule has 0 aromatic heterocycles. The summed E-state index contributed by atoms with van der Waals surface area (Å²) in [5.41, 5.74) is 0.395. The first kappa shape index (κ1) is 24.1. The summed E-state index contributed by atoms with van der Waals surface area (Å²) < 4.78 is 54.3. The van der Waals surface area contributed by atoms with Gasteiger partial charge in [-0.15, -0.1) is 0 Å². The number of hydrogen-bond acceptors (Lipinski definition) is 4. The van der Waals surface area contributed by atoms with Gasteiger partial charge in [-0.25, -0.2) is 17.2 Å². The quantitative estimate of drug-likeness (QED) is 0.467. The molecule has 172 valence electrons. The molecule has 0 aliphatic heterocycles. The molecule has 0 aliphatic rings. The average molecular weight is 494 g/mol. The van der Waals surface area contributed by atoms with Crippen LogP contribution in [-0.4, -0.2) is 27.3 Å². The van der Waals surface area contributed by atoms with Gasteiger partial charge >= 0.3 is 0 Å². The number of halogens is 3. The lowest BCUT2D eigenvalue weighted by Gasteiger charge is -2.18. The van der Waals surface area contributed by atoms with Crippen molar-refractivity contribution in [2.24, 2.45) is 0 Å². The average Bonchev–Trinajstić information content (AvgIpc) is 2.80. The van der Waals surface area contributed by atoms with Gasteiger partial charge in [0.25, 0.3) is 15.9 Å². The molecule has 0 saturated carbocycles. The van der Waals surface area contributed by atoms with Crippen LogP contribution in [0, 0.1) is 11.6 Å². The molecule has 3 aromatic rings. The Labute approximate surface area is 193 Å². The molecule has 0 heterocycles. The molecule has 0 saturated heterocycles. The van der Waals surface area contributed by atoms with Gasteiger partial charge in [0.05, 0.1) is 4.90 Å². The van der Waals surface area contributed by atoms with Gasteiger partial charge in [0.1, 0.15) is 6.04 Å². The minimum absolute atomic E-state index is 0.0352. The highest BCUT2D eigenvalue weighted by atomic mass is 35.5. The molecule has 11 heteroatoms. The first-order valence-electron chi connectivity index (χ1n) is 9.46. The predicted octanol–water partition coefficient (Wildman–Crippen LogP) is 3.64. The summed E-state index contributed by atoms with van der Waals surface area (Å²) in [5, 5.41) is 5.23. The van der Waals surface area contributed by atoms with Crippen LogP contribution >= 0.6 is 11.6 Å². The lowest BCUT2D eigenvalue weighted by molar-refractivity contribution is -0.122. The summed E-state index contributed by atoms with van der Waals surface area (Å²) in [6, 6.07) is 12.6. The molecule has 3 aromatic carbocycles. The van der Waals surface area contributed by atoms with Crippen LogP contribution in [0.5, 0.6) is 0 Å². The lowest BCUT2D eigenvalue weighted by Crippen LogP contribution is -2.39. The second kappa shape index (κ2) is 9.97. The van der Waals surface area contributed by atoms with Crippen LogP contribution in [0.2, 0.25) is 5.02 Å². The summed E-state index contributed by atoms with van der Waals surface area (Å²) >= 11 is 5.79. The highest BCUT2D eigenvalue weighted by Gasteiger charge is 2.24. The molecular weight excluding hydrogens is 476 g/mol. The van der Waals surface area contributed by atoms with Gasteiger partial charge in [-0.1, -0.05) is 17.7 Å². The van der Waals surface area contributed by atoms with Crippen LogP contribution in [-0.2, 0) is 14.8 Å². The fourth-order valence-electron chi connectivity index (χ4n) is 2.87. The van der Waals surface area contributed by atoms with E-state index in [1.165, 1.54) is 61.6 Å². The van der Waals surface area contributed by atoms with Gasteiger partial charge in [-0.2, -0.15) is 0 Å². The Morgan fingerprint density at radius 3 is 2.12 bits per heavy atom. The standard InChI is InChI=1S/C22H18ClF2N3O4S/c1-26-22(30)20(14-4-11-18(24)19(25)12-14)27-21(29)13-2-9-17(10-3-13)33(31,32)28-16-7-5-15(23)6-8-16/h2-12,20,28H,1H3,(H,26,30)(H,27,29). The molecule has 33 heavy (non-hydrogen) atoms. The molecule has 7 nitrogen and oxygen atoms in total. The van der Waals surface area contributed by atoms with Crippen LogP contribution in [0.4, 0.5) is 14.5 Å². The van der Waals surface area contributed by atoms with Crippen molar-refractivity contribution in [2.45, 2.75) is 10.9 Å². The van der Waals surface area contributed by atoms with Crippen molar-refractivity contribution in [3.8, 4) is 0 Å². The molecule has 0 aliphatic carbocycles. The van der Waals surface area contributed by atoms with Crippen molar-refractivity contribution in [1.29, 1.82) is 0 Å². The number of anilines is 1. The third-order valence-electron chi connectivity index (χ3n) is 4.58. The van der Waals surface area contributed by atoms with Gasteiger partial charge in [-0.3, -0.25) is 14.3 Å². The van der Waals surface area contributed by atoms with E-state index in [1.54, 1.807) is 0 Å². The number of benzene rings is 3. The summed E-state index contributed by atoms with van der Waals surface area (Å²) in [5.74, 6) is -3.63. The fraction of sp³-hybridized carbons (Fsp3) is 0.0909. The Morgan fingerprint density at radius 1 is 0.909 bits per heavy atom. The smallest absolute Gasteiger partial charge is 0.261 e. The van der Waals surface area contributed by atoms with Crippen molar-refractivity contribution < 1.29 is 26.8 Å². The van der Waals surface area contributed by atoms with E-state index >= 15 is 0 Å². The van der Waals surface area contributed by atoms with Gasteiger partial charge < -0.3 is 10.6 Å². The zero-order valence-corrected chi connectivity index (χ0v) is 18.7. The zero-order valence-electron chi connectivity index (χ0n) is 17.1. The van der Waals surface area contributed by atoms with Crippen LogP contribution in [0.3, 0.4) is 0 Å². The molecular formula is C22H18ClF2N3O4S. The first-order chi connectivity index (χ1) is 15.6.